The topological polar surface area (TPSA) is 41.0 Å². The monoisotopic (exact) mass is 266 g/mol. The molecule has 5 heteroatoms. The molecular formula is C14H23FN4. The average molecular weight is 266 g/mol. The standard InChI is InChI=1S/C14H23FN4/c1-3-7-19-8-5-11(6-9-19)18-14-13(15)12(4-2)16-10-17-14/h10-11H,3-9H2,1-2H3,(H,16,17,18). The average Bonchev–Trinajstić information content (AvgIpc) is 2.43. The van der Waals surface area contributed by atoms with E-state index < -0.39 is 0 Å². The van der Waals surface area contributed by atoms with E-state index in [2.05, 4.69) is 27.1 Å². The number of nitrogens with zero attached hydrogens (tertiary/aromatic N) is 3. The predicted molar refractivity (Wildman–Crippen MR) is 74.7 cm³/mol. The van der Waals surface area contributed by atoms with E-state index in [4.69, 9.17) is 0 Å². The zero-order valence-electron chi connectivity index (χ0n) is 11.8. The number of hydrogen-bond acceptors (Lipinski definition) is 4. The summed E-state index contributed by atoms with van der Waals surface area (Å²) in [4.78, 5) is 10.4. The van der Waals surface area contributed by atoms with Crippen LogP contribution >= 0.6 is 0 Å². The zero-order valence-corrected chi connectivity index (χ0v) is 11.8. The van der Waals surface area contributed by atoms with Crippen molar-refractivity contribution in [3.05, 3.63) is 17.8 Å². The molecule has 1 aliphatic rings. The van der Waals surface area contributed by atoms with E-state index in [0.717, 1.165) is 32.5 Å². The van der Waals surface area contributed by atoms with Gasteiger partial charge in [-0.25, -0.2) is 14.4 Å². The van der Waals surface area contributed by atoms with Crippen molar-refractivity contribution in [3.8, 4) is 0 Å². The Morgan fingerprint density at radius 3 is 2.68 bits per heavy atom. The first-order valence-electron chi connectivity index (χ1n) is 7.22. The van der Waals surface area contributed by atoms with Gasteiger partial charge >= 0.3 is 0 Å². The molecule has 0 radical (unpaired) electrons. The van der Waals surface area contributed by atoms with Crippen molar-refractivity contribution in [1.82, 2.24) is 14.9 Å². The quantitative estimate of drug-likeness (QED) is 0.889. The Labute approximate surface area is 114 Å². The normalized spacial score (nSPS) is 17.6. The summed E-state index contributed by atoms with van der Waals surface area (Å²) in [6.07, 6.45) is 5.32. The molecule has 0 amide bonds. The fraction of sp³-hybridized carbons (Fsp3) is 0.714. The number of halogens is 1. The van der Waals surface area contributed by atoms with Crippen LogP contribution in [0.5, 0.6) is 0 Å². The molecule has 0 spiro atoms. The van der Waals surface area contributed by atoms with Gasteiger partial charge in [0.15, 0.2) is 11.6 Å². The molecule has 0 aromatic carbocycles. The fourth-order valence-corrected chi connectivity index (χ4v) is 2.56. The van der Waals surface area contributed by atoms with Crippen molar-refractivity contribution >= 4 is 5.82 Å². The summed E-state index contributed by atoms with van der Waals surface area (Å²) < 4.78 is 14.0. The third-order valence-electron chi connectivity index (χ3n) is 3.66. The van der Waals surface area contributed by atoms with Gasteiger partial charge in [0.05, 0.1) is 5.69 Å². The van der Waals surface area contributed by atoms with Crippen molar-refractivity contribution in [1.29, 1.82) is 0 Å². The number of piperidine rings is 1. The van der Waals surface area contributed by atoms with Gasteiger partial charge in [-0.15, -0.1) is 0 Å². The minimum absolute atomic E-state index is 0.291. The second-order valence-corrected chi connectivity index (χ2v) is 5.10. The van der Waals surface area contributed by atoms with E-state index >= 15 is 0 Å². The summed E-state index contributed by atoms with van der Waals surface area (Å²) in [5.41, 5.74) is 0.487. The molecular weight excluding hydrogens is 243 g/mol. The molecule has 1 fully saturated rings. The molecule has 0 saturated carbocycles. The number of anilines is 1. The maximum atomic E-state index is 14.0. The summed E-state index contributed by atoms with van der Waals surface area (Å²) in [5, 5.41) is 3.23. The summed E-state index contributed by atoms with van der Waals surface area (Å²) >= 11 is 0. The van der Waals surface area contributed by atoms with Gasteiger partial charge in [-0.3, -0.25) is 0 Å². The molecule has 1 aromatic heterocycles. The molecule has 1 N–H and O–H groups in total. The van der Waals surface area contributed by atoms with Crippen molar-refractivity contribution < 1.29 is 4.39 Å². The van der Waals surface area contributed by atoms with E-state index in [-0.39, 0.29) is 5.82 Å². The van der Waals surface area contributed by atoms with E-state index in [1.54, 1.807) is 0 Å². The second-order valence-electron chi connectivity index (χ2n) is 5.10. The Bertz CT molecular complexity index is 402. The Kier molecular flexibility index (Phi) is 5.07. The molecule has 1 aromatic rings. The van der Waals surface area contributed by atoms with E-state index in [9.17, 15) is 4.39 Å². The van der Waals surface area contributed by atoms with Gasteiger partial charge in [-0.1, -0.05) is 13.8 Å². The van der Waals surface area contributed by atoms with Gasteiger partial charge in [-0.05, 0) is 32.2 Å². The van der Waals surface area contributed by atoms with Gasteiger partial charge in [0.25, 0.3) is 0 Å². The first kappa shape index (κ1) is 14.2. The number of likely N-dealkylation sites (tertiary alicyclic amines) is 1. The molecule has 0 unspecified atom stereocenters. The molecule has 4 nitrogen and oxygen atoms in total. The molecule has 1 saturated heterocycles. The van der Waals surface area contributed by atoms with Gasteiger partial charge in [0.1, 0.15) is 6.33 Å². The lowest BCUT2D eigenvalue weighted by Crippen LogP contribution is -2.39. The number of aryl methyl sites for hydroxylation is 1. The smallest absolute Gasteiger partial charge is 0.186 e. The van der Waals surface area contributed by atoms with Gasteiger partial charge < -0.3 is 10.2 Å². The molecule has 19 heavy (non-hydrogen) atoms. The predicted octanol–water partition coefficient (Wildman–Crippen LogP) is 2.46. The minimum Gasteiger partial charge on any atom is -0.365 e. The largest absolute Gasteiger partial charge is 0.365 e. The third-order valence-corrected chi connectivity index (χ3v) is 3.66. The van der Waals surface area contributed by atoms with Gasteiger partial charge in [0.2, 0.25) is 0 Å². The third kappa shape index (κ3) is 3.62. The van der Waals surface area contributed by atoms with Gasteiger partial charge in [0, 0.05) is 19.1 Å². The van der Waals surface area contributed by atoms with Crippen LogP contribution in [0.2, 0.25) is 0 Å². The highest BCUT2D eigenvalue weighted by molar-refractivity contribution is 5.38. The van der Waals surface area contributed by atoms with Gasteiger partial charge in [-0.2, -0.15) is 0 Å². The van der Waals surface area contributed by atoms with Crippen LogP contribution in [-0.4, -0.2) is 40.5 Å². The highest BCUT2D eigenvalue weighted by Crippen LogP contribution is 2.19. The van der Waals surface area contributed by atoms with Crippen molar-refractivity contribution in [2.24, 2.45) is 0 Å². The lowest BCUT2D eigenvalue weighted by molar-refractivity contribution is 0.219. The lowest BCUT2D eigenvalue weighted by Gasteiger charge is -2.32. The van der Waals surface area contributed by atoms with Crippen molar-refractivity contribution in [2.45, 2.75) is 45.6 Å². The van der Waals surface area contributed by atoms with E-state index in [0.29, 0.717) is 24.0 Å². The number of rotatable bonds is 5. The summed E-state index contributed by atoms with van der Waals surface area (Å²) in [6.45, 7) is 7.43. The van der Waals surface area contributed by atoms with E-state index in [1.165, 1.54) is 12.7 Å². The zero-order chi connectivity index (χ0) is 13.7. The summed E-state index contributed by atoms with van der Waals surface area (Å²) in [6, 6.07) is 0.321. The Morgan fingerprint density at radius 2 is 2.05 bits per heavy atom. The highest BCUT2D eigenvalue weighted by atomic mass is 19.1. The molecule has 2 heterocycles. The lowest BCUT2D eigenvalue weighted by atomic mass is 10.0. The highest BCUT2D eigenvalue weighted by Gasteiger charge is 2.20. The van der Waals surface area contributed by atoms with Crippen LogP contribution in [0.15, 0.2) is 6.33 Å². The van der Waals surface area contributed by atoms with Crippen LogP contribution in [0, 0.1) is 5.82 Å². The molecule has 0 bridgehead atoms. The summed E-state index contributed by atoms with van der Waals surface area (Å²) in [5.74, 6) is 0.0711. The van der Waals surface area contributed by atoms with Crippen LogP contribution in [0.4, 0.5) is 10.2 Å². The van der Waals surface area contributed by atoms with E-state index in [1.807, 2.05) is 6.92 Å². The summed E-state index contributed by atoms with van der Waals surface area (Å²) in [7, 11) is 0. The van der Waals surface area contributed by atoms with Crippen molar-refractivity contribution in [3.63, 3.8) is 0 Å². The van der Waals surface area contributed by atoms with Crippen LogP contribution in [0.1, 0.15) is 38.8 Å². The number of aromatic nitrogens is 2. The fourth-order valence-electron chi connectivity index (χ4n) is 2.56. The van der Waals surface area contributed by atoms with Crippen molar-refractivity contribution in [2.75, 3.05) is 25.0 Å². The Hall–Kier alpha value is -1.23. The Morgan fingerprint density at radius 1 is 1.32 bits per heavy atom. The SMILES string of the molecule is CCCN1CCC(Nc2ncnc(CC)c2F)CC1. The molecule has 1 aliphatic heterocycles. The first-order chi connectivity index (χ1) is 9.24. The minimum atomic E-state index is -0.291. The molecule has 0 atom stereocenters. The number of hydrogen-bond donors (Lipinski definition) is 1. The van der Waals surface area contributed by atoms with Crippen LogP contribution in [0.25, 0.3) is 0 Å². The molecule has 0 aliphatic carbocycles. The molecule has 2 rings (SSSR count). The number of nitrogens with one attached hydrogen (secondary N) is 1. The second kappa shape index (κ2) is 6.80. The van der Waals surface area contributed by atoms with Crippen LogP contribution < -0.4 is 5.32 Å². The Balaban J connectivity index is 1.92. The first-order valence-corrected chi connectivity index (χ1v) is 7.22. The van der Waals surface area contributed by atoms with Crippen LogP contribution in [0.3, 0.4) is 0 Å². The molecule has 106 valence electrons. The van der Waals surface area contributed by atoms with Crippen LogP contribution in [-0.2, 0) is 6.42 Å². The maximum Gasteiger partial charge on any atom is 0.186 e. The maximum absolute atomic E-state index is 14.0.